The molecule has 0 aliphatic heterocycles. The maximum absolute atomic E-state index is 12.0. The monoisotopic (exact) mass is 281 g/mol. The van der Waals surface area contributed by atoms with Crippen molar-refractivity contribution in [1.82, 2.24) is 15.2 Å². The van der Waals surface area contributed by atoms with Crippen molar-refractivity contribution < 1.29 is 9.72 Å². The fourth-order valence-electron chi connectivity index (χ4n) is 1.57. The smallest absolute Gasteiger partial charge is 0.288 e. The molecule has 0 radical (unpaired) electrons. The summed E-state index contributed by atoms with van der Waals surface area (Å²) in [6.07, 6.45) is 1.79. The first-order valence-corrected chi connectivity index (χ1v) is 6.16. The Morgan fingerprint density at radius 2 is 2.25 bits per heavy atom. The number of pyridine rings is 1. The van der Waals surface area contributed by atoms with E-state index in [4.69, 9.17) is 5.73 Å². The van der Waals surface area contributed by atoms with E-state index >= 15 is 0 Å². The zero-order chi connectivity index (χ0) is 15.3. The van der Waals surface area contributed by atoms with Crippen LogP contribution >= 0.6 is 0 Å². The van der Waals surface area contributed by atoms with Gasteiger partial charge >= 0.3 is 0 Å². The lowest BCUT2D eigenvalue weighted by Crippen LogP contribution is -2.35. The fraction of sp³-hybridized carbons (Fsp3) is 0.500. The lowest BCUT2D eigenvalue weighted by molar-refractivity contribution is -0.385. The summed E-state index contributed by atoms with van der Waals surface area (Å²) in [6.45, 7) is 2.69. The summed E-state index contributed by atoms with van der Waals surface area (Å²) in [4.78, 5) is 27.8. The molecule has 1 aromatic heterocycles. The van der Waals surface area contributed by atoms with Gasteiger partial charge in [0.1, 0.15) is 12.0 Å². The SMILES string of the molecule is CC(CCN(C)C)NC(=O)c1cc([N+](=O)[O-])cnc1N. The molecule has 1 amide bonds. The molecule has 0 saturated carbocycles. The summed E-state index contributed by atoms with van der Waals surface area (Å²) in [6, 6.07) is 1.07. The molecular formula is C12H19N5O3. The van der Waals surface area contributed by atoms with Gasteiger partial charge in [-0.25, -0.2) is 4.98 Å². The topological polar surface area (TPSA) is 114 Å². The van der Waals surface area contributed by atoms with E-state index in [1.807, 2.05) is 25.9 Å². The second kappa shape index (κ2) is 6.80. The third kappa shape index (κ3) is 4.47. The molecule has 1 atom stereocenters. The van der Waals surface area contributed by atoms with Crippen molar-refractivity contribution in [1.29, 1.82) is 0 Å². The maximum Gasteiger partial charge on any atom is 0.288 e. The van der Waals surface area contributed by atoms with Crippen LogP contribution in [0.5, 0.6) is 0 Å². The van der Waals surface area contributed by atoms with Crippen LogP contribution in [0.25, 0.3) is 0 Å². The number of carbonyl (C=O) groups is 1. The Balaban J connectivity index is 2.76. The number of nitrogens with zero attached hydrogens (tertiary/aromatic N) is 3. The van der Waals surface area contributed by atoms with Crippen molar-refractivity contribution in [2.45, 2.75) is 19.4 Å². The van der Waals surface area contributed by atoms with Crippen molar-refractivity contribution in [3.63, 3.8) is 0 Å². The summed E-state index contributed by atoms with van der Waals surface area (Å²) < 4.78 is 0. The number of hydrogen-bond acceptors (Lipinski definition) is 6. The Labute approximate surface area is 117 Å². The molecule has 0 aliphatic carbocycles. The van der Waals surface area contributed by atoms with Crippen LogP contribution in [0, 0.1) is 10.1 Å². The lowest BCUT2D eigenvalue weighted by Gasteiger charge is -2.17. The summed E-state index contributed by atoms with van der Waals surface area (Å²) >= 11 is 0. The van der Waals surface area contributed by atoms with Gasteiger partial charge in [-0.2, -0.15) is 0 Å². The van der Waals surface area contributed by atoms with Crippen molar-refractivity contribution in [2.75, 3.05) is 26.4 Å². The summed E-state index contributed by atoms with van der Waals surface area (Å²) in [5, 5.41) is 13.4. The van der Waals surface area contributed by atoms with Crippen LogP contribution in [0.15, 0.2) is 12.3 Å². The highest BCUT2D eigenvalue weighted by molar-refractivity contribution is 5.99. The predicted octanol–water partition coefficient (Wildman–Crippen LogP) is 0.642. The molecule has 1 rings (SSSR count). The number of nitrogens with one attached hydrogen (secondary N) is 1. The molecule has 0 bridgehead atoms. The molecule has 110 valence electrons. The number of aromatic nitrogens is 1. The van der Waals surface area contributed by atoms with Crippen LogP contribution < -0.4 is 11.1 Å². The van der Waals surface area contributed by atoms with Gasteiger partial charge in [0.15, 0.2) is 0 Å². The highest BCUT2D eigenvalue weighted by atomic mass is 16.6. The van der Waals surface area contributed by atoms with E-state index in [1.165, 1.54) is 0 Å². The third-order valence-corrected chi connectivity index (χ3v) is 2.75. The van der Waals surface area contributed by atoms with E-state index in [0.29, 0.717) is 0 Å². The molecule has 8 heteroatoms. The Kier molecular flexibility index (Phi) is 5.39. The zero-order valence-electron chi connectivity index (χ0n) is 11.8. The molecule has 0 saturated heterocycles. The van der Waals surface area contributed by atoms with E-state index in [1.54, 1.807) is 0 Å². The number of carbonyl (C=O) groups excluding carboxylic acids is 1. The molecule has 8 nitrogen and oxygen atoms in total. The maximum atomic E-state index is 12.0. The van der Waals surface area contributed by atoms with Crippen LogP contribution in [-0.2, 0) is 0 Å². The highest BCUT2D eigenvalue weighted by Crippen LogP contribution is 2.16. The second-order valence-electron chi connectivity index (χ2n) is 4.85. The van der Waals surface area contributed by atoms with E-state index in [9.17, 15) is 14.9 Å². The van der Waals surface area contributed by atoms with Crippen LogP contribution in [-0.4, -0.2) is 47.4 Å². The Bertz CT molecular complexity index is 504. The molecular weight excluding hydrogens is 262 g/mol. The number of rotatable bonds is 6. The molecule has 0 spiro atoms. The largest absolute Gasteiger partial charge is 0.383 e. The lowest BCUT2D eigenvalue weighted by atomic mass is 10.2. The Hall–Kier alpha value is -2.22. The quantitative estimate of drug-likeness (QED) is 0.584. The highest BCUT2D eigenvalue weighted by Gasteiger charge is 2.18. The van der Waals surface area contributed by atoms with Gasteiger partial charge in [-0.15, -0.1) is 0 Å². The number of nitro groups is 1. The molecule has 1 unspecified atom stereocenters. The van der Waals surface area contributed by atoms with Gasteiger partial charge < -0.3 is 16.0 Å². The van der Waals surface area contributed by atoms with E-state index in [2.05, 4.69) is 10.3 Å². The summed E-state index contributed by atoms with van der Waals surface area (Å²) in [7, 11) is 3.88. The van der Waals surface area contributed by atoms with Crippen molar-refractivity contribution >= 4 is 17.4 Å². The van der Waals surface area contributed by atoms with Crippen LogP contribution in [0.4, 0.5) is 11.5 Å². The molecule has 0 aliphatic rings. The minimum atomic E-state index is -0.612. The van der Waals surface area contributed by atoms with Gasteiger partial charge in [-0.1, -0.05) is 0 Å². The number of nitrogens with two attached hydrogens (primary N) is 1. The second-order valence-corrected chi connectivity index (χ2v) is 4.85. The molecule has 0 aromatic carbocycles. The van der Waals surface area contributed by atoms with Crippen molar-refractivity contribution in [3.05, 3.63) is 27.9 Å². The first-order valence-electron chi connectivity index (χ1n) is 6.16. The van der Waals surface area contributed by atoms with Gasteiger partial charge in [-0.3, -0.25) is 14.9 Å². The molecule has 1 heterocycles. The van der Waals surface area contributed by atoms with Gasteiger partial charge in [0.25, 0.3) is 11.6 Å². The van der Waals surface area contributed by atoms with Gasteiger partial charge in [0, 0.05) is 12.1 Å². The van der Waals surface area contributed by atoms with Gasteiger partial charge in [0.2, 0.25) is 0 Å². The van der Waals surface area contributed by atoms with Crippen LogP contribution in [0.2, 0.25) is 0 Å². The molecule has 20 heavy (non-hydrogen) atoms. The van der Waals surface area contributed by atoms with E-state index in [0.717, 1.165) is 25.2 Å². The summed E-state index contributed by atoms with van der Waals surface area (Å²) in [5.41, 5.74) is 5.35. The molecule has 1 aromatic rings. The van der Waals surface area contributed by atoms with E-state index < -0.39 is 10.8 Å². The van der Waals surface area contributed by atoms with Crippen molar-refractivity contribution in [2.24, 2.45) is 0 Å². The van der Waals surface area contributed by atoms with Crippen molar-refractivity contribution in [3.8, 4) is 0 Å². The fourth-order valence-corrected chi connectivity index (χ4v) is 1.57. The third-order valence-electron chi connectivity index (χ3n) is 2.75. The average Bonchev–Trinajstić information content (AvgIpc) is 2.36. The first kappa shape index (κ1) is 15.8. The number of anilines is 1. The standard InChI is InChI=1S/C12H19N5O3/c1-8(4-5-16(2)3)15-12(18)10-6-9(17(19)20)7-14-11(10)13/h6-8H,4-5H2,1-3H3,(H2,13,14)(H,15,18). The minimum absolute atomic E-state index is 0.0205. The van der Waals surface area contributed by atoms with Crippen LogP contribution in [0.1, 0.15) is 23.7 Å². The van der Waals surface area contributed by atoms with Gasteiger partial charge in [0.05, 0.1) is 10.5 Å². The zero-order valence-corrected chi connectivity index (χ0v) is 11.8. The average molecular weight is 281 g/mol. The Morgan fingerprint density at radius 1 is 1.60 bits per heavy atom. The van der Waals surface area contributed by atoms with Gasteiger partial charge in [-0.05, 0) is 34.0 Å². The van der Waals surface area contributed by atoms with E-state index in [-0.39, 0.29) is 23.1 Å². The summed E-state index contributed by atoms with van der Waals surface area (Å²) in [5.74, 6) is -0.474. The first-order chi connectivity index (χ1) is 9.31. The number of nitrogen functional groups attached to an aromatic ring is 1. The minimum Gasteiger partial charge on any atom is -0.383 e. The number of hydrogen-bond donors (Lipinski definition) is 2. The molecule has 3 N–H and O–H groups in total. The molecule has 0 fully saturated rings. The normalized spacial score (nSPS) is 12.2. The Morgan fingerprint density at radius 3 is 2.80 bits per heavy atom. The predicted molar refractivity (Wildman–Crippen MR) is 75.4 cm³/mol. The van der Waals surface area contributed by atoms with Crippen LogP contribution in [0.3, 0.4) is 0 Å². The number of amides is 1.